The predicted molar refractivity (Wildman–Crippen MR) is 125 cm³/mol. The fraction of sp³-hybridized carbons (Fsp3) is 0.269. The second kappa shape index (κ2) is 10.6. The number of methoxy groups -OCH3 is 1. The van der Waals surface area contributed by atoms with Gasteiger partial charge in [-0.3, -0.25) is 9.59 Å². The fourth-order valence-corrected chi connectivity index (χ4v) is 3.64. The van der Waals surface area contributed by atoms with E-state index in [1.54, 1.807) is 42.2 Å². The third-order valence-electron chi connectivity index (χ3n) is 5.24. The predicted octanol–water partition coefficient (Wildman–Crippen LogP) is 3.46. The molecule has 172 valence electrons. The van der Waals surface area contributed by atoms with Gasteiger partial charge < -0.3 is 19.7 Å². The molecule has 2 aromatic rings. The van der Waals surface area contributed by atoms with Crippen LogP contribution in [0, 0.1) is 0 Å². The number of carbonyl (C=O) groups excluding carboxylic acids is 3. The van der Waals surface area contributed by atoms with Crippen molar-refractivity contribution in [1.29, 1.82) is 0 Å². The molecule has 2 amide bonds. The minimum absolute atomic E-state index is 0.0909. The van der Waals surface area contributed by atoms with Gasteiger partial charge in [0.25, 0.3) is 11.8 Å². The maximum atomic E-state index is 12.9. The normalized spacial score (nSPS) is 14.8. The number of allylic oxidation sites excluding steroid dienone is 1. The molecule has 0 aromatic heterocycles. The van der Waals surface area contributed by atoms with Gasteiger partial charge in [0.1, 0.15) is 5.75 Å². The van der Waals surface area contributed by atoms with Crippen molar-refractivity contribution < 1.29 is 23.9 Å². The zero-order valence-electron chi connectivity index (χ0n) is 19.3. The Hall–Kier alpha value is -3.87. The molecule has 1 aliphatic rings. The lowest BCUT2D eigenvalue weighted by atomic mass is 10.0. The van der Waals surface area contributed by atoms with Crippen molar-refractivity contribution in [1.82, 2.24) is 10.2 Å². The lowest BCUT2D eigenvalue weighted by Gasteiger charge is -2.22. The van der Waals surface area contributed by atoms with Gasteiger partial charge in [-0.15, -0.1) is 0 Å². The van der Waals surface area contributed by atoms with Crippen LogP contribution in [-0.2, 0) is 25.7 Å². The maximum Gasteiger partial charge on any atom is 0.340 e. The van der Waals surface area contributed by atoms with E-state index in [-0.39, 0.29) is 30.0 Å². The second-order valence-electron chi connectivity index (χ2n) is 7.90. The van der Waals surface area contributed by atoms with Gasteiger partial charge in [0.2, 0.25) is 0 Å². The van der Waals surface area contributed by atoms with E-state index in [2.05, 4.69) is 5.32 Å². The van der Waals surface area contributed by atoms with Crippen LogP contribution in [0.3, 0.4) is 0 Å². The molecule has 1 aliphatic heterocycles. The van der Waals surface area contributed by atoms with Crippen LogP contribution in [0.5, 0.6) is 5.75 Å². The molecule has 0 fully saturated rings. The molecule has 2 aromatic carbocycles. The van der Waals surface area contributed by atoms with Crippen LogP contribution in [-0.4, -0.2) is 42.4 Å². The molecular formula is C26H28N2O5. The Morgan fingerprint density at radius 3 is 2.33 bits per heavy atom. The monoisotopic (exact) mass is 448 g/mol. The summed E-state index contributed by atoms with van der Waals surface area (Å²) in [4.78, 5) is 38.9. The van der Waals surface area contributed by atoms with Crippen LogP contribution in [0.4, 0.5) is 0 Å². The summed E-state index contributed by atoms with van der Waals surface area (Å²) in [5.41, 5.74) is 2.87. The Morgan fingerprint density at radius 2 is 1.73 bits per heavy atom. The van der Waals surface area contributed by atoms with E-state index in [4.69, 9.17) is 9.47 Å². The van der Waals surface area contributed by atoms with E-state index >= 15 is 0 Å². The second-order valence-corrected chi connectivity index (χ2v) is 7.90. The first kappa shape index (κ1) is 23.8. The van der Waals surface area contributed by atoms with E-state index in [0.717, 1.165) is 11.1 Å². The number of benzene rings is 2. The summed E-state index contributed by atoms with van der Waals surface area (Å²) in [6, 6.07) is 16.5. The van der Waals surface area contributed by atoms with Gasteiger partial charge >= 0.3 is 5.97 Å². The van der Waals surface area contributed by atoms with Gasteiger partial charge in [-0.05, 0) is 50.1 Å². The molecule has 1 N–H and O–H groups in total. The number of hydrogen-bond donors (Lipinski definition) is 1. The number of ether oxygens (including phenoxy) is 2. The summed E-state index contributed by atoms with van der Waals surface area (Å²) in [7, 11) is 1.30. The highest BCUT2D eigenvalue weighted by atomic mass is 16.5. The molecule has 0 spiro atoms. The Labute approximate surface area is 193 Å². The first-order valence-corrected chi connectivity index (χ1v) is 10.7. The first-order chi connectivity index (χ1) is 15.8. The van der Waals surface area contributed by atoms with Gasteiger partial charge in [-0.1, -0.05) is 42.5 Å². The molecule has 0 saturated carbocycles. The number of amides is 2. The lowest BCUT2D eigenvalue weighted by molar-refractivity contribution is -0.136. The Balaban J connectivity index is 1.66. The van der Waals surface area contributed by atoms with E-state index in [9.17, 15) is 14.4 Å². The molecule has 0 aliphatic carbocycles. The Bertz CT molecular complexity index is 1090. The van der Waals surface area contributed by atoms with Crippen LogP contribution >= 0.6 is 0 Å². The first-order valence-electron chi connectivity index (χ1n) is 10.7. The summed E-state index contributed by atoms with van der Waals surface area (Å²) in [6.45, 7) is 5.85. The van der Waals surface area contributed by atoms with E-state index in [1.165, 1.54) is 7.11 Å². The van der Waals surface area contributed by atoms with Gasteiger partial charge in [0, 0.05) is 18.3 Å². The highest BCUT2D eigenvalue weighted by Crippen LogP contribution is 2.33. The minimum Gasteiger partial charge on any atom is -0.484 e. The summed E-state index contributed by atoms with van der Waals surface area (Å²) in [6.07, 6.45) is 1.66. The number of nitrogens with one attached hydrogen (secondary N) is 1. The number of hydrogen-bond acceptors (Lipinski definition) is 5. The summed E-state index contributed by atoms with van der Waals surface area (Å²) in [5, 5.41) is 2.81. The number of esters is 1. The summed E-state index contributed by atoms with van der Waals surface area (Å²) >= 11 is 0. The van der Waals surface area contributed by atoms with Crippen molar-refractivity contribution in [3.63, 3.8) is 0 Å². The fourth-order valence-electron chi connectivity index (χ4n) is 3.64. The highest BCUT2D eigenvalue weighted by Gasteiger charge is 2.38. The number of carbonyl (C=O) groups is 3. The maximum absolute atomic E-state index is 12.9. The van der Waals surface area contributed by atoms with Crippen molar-refractivity contribution in [2.45, 2.75) is 33.4 Å². The van der Waals surface area contributed by atoms with Crippen LogP contribution < -0.4 is 10.1 Å². The molecular weight excluding hydrogens is 420 g/mol. The van der Waals surface area contributed by atoms with E-state index < -0.39 is 5.97 Å². The summed E-state index contributed by atoms with van der Waals surface area (Å²) < 4.78 is 10.4. The average molecular weight is 449 g/mol. The average Bonchev–Trinajstić information content (AvgIpc) is 3.06. The van der Waals surface area contributed by atoms with Crippen LogP contribution in [0.1, 0.15) is 31.9 Å². The third kappa shape index (κ3) is 5.68. The summed E-state index contributed by atoms with van der Waals surface area (Å²) in [5.74, 6) is -0.484. The third-order valence-corrected chi connectivity index (χ3v) is 5.24. The number of rotatable bonds is 8. The van der Waals surface area contributed by atoms with Gasteiger partial charge in [0.05, 0.1) is 18.3 Å². The highest BCUT2D eigenvalue weighted by molar-refractivity contribution is 6.16. The van der Waals surface area contributed by atoms with E-state index in [1.807, 2.05) is 44.2 Å². The molecule has 7 heteroatoms. The zero-order chi connectivity index (χ0) is 24.0. The molecule has 3 rings (SSSR count). The van der Waals surface area contributed by atoms with Gasteiger partial charge in [-0.2, -0.15) is 0 Å². The molecule has 0 radical (unpaired) electrons. The van der Waals surface area contributed by atoms with Gasteiger partial charge in [0.15, 0.2) is 6.61 Å². The molecule has 33 heavy (non-hydrogen) atoms. The van der Waals surface area contributed by atoms with Crippen LogP contribution in [0.15, 0.2) is 71.4 Å². The van der Waals surface area contributed by atoms with Crippen molar-refractivity contribution in [3.8, 4) is 5.75 Å². The molecule has 0 unspecified atom stereocenters. The van der Waals surface area contributed by atoms with Crippen LogP contribution in [0.2, 0.25) is 0 Å². The van der Waals surface area contributed by atoms with Crippen molar-refractivity contribution in [3.05, 3.63) is 82.6 Å². The molecule has 0 atom stereocenters. The quantitative estimate of drug-likeness (QED) is 0.494. The topological polar surface area (TPSA) is 84.9 Å². The van der Waals surface area contributed by atoms with Crippen molar-refractivity contribution in [2.24, 2.45) is 0 Å². The molecule has 1 heterocycles. The molecule has 0 bridgehead atoms. The van der Waals surface area contributed by atoms with Crippen LogP contribution in [0.25, 0.3) is 6.08 Å². The largest absolute Gasteiger partial charge is 0.484 e. The smallest absolute Gasteiger partial charge is 0.340 e. The van der Waals surface area contributed by atoms with Crippen molar-refractivity contribution >= 4 is 23.9 Å². The van der Waals surface area contributed by atoms with Crippen molar-refractivity contribution in [2.75, 3.05) is 13.7 Å². The van der Waals surface area contributed by atoms with E-state index in [0.29, 0.717) is 23.6 Å². The Kier molecular flexibility index (Phi) is 7.66. The molecule has 0 saturated heterocycles. The lowest BCUT2D eigenvalue weighted by Crippen LogP contribution is -2.31. The van der Waals surface area contributed by atoms with Gasteiger partial charge in [-0.25, -0.2) is 4.79 Å². The standard InChI is InChI=1S/C26H28N2O5/c1-17(2)28-18(3)24(26(31)32-4)22(25(28)30)14-19-10-12-21(13-11-19)33-16-23(29)27-15-20-8-6-5-7-9-20/h5-14,17H,15-16H2,1-4H3,(H,27,29)/b22-14-. The molecule has 7 nitrogen and oxygen atoms in total. The SMILES string of the molecule is COC(=O)C1=C(C)N(C(C)C)C(=O)/C1=C\c1ccc(OCC(=O)NCc2ccccc2)cc1. The zero-order valence-corrected chi connectivity index (χ0v) is 19.3. The number of nitrogens with zero attached hydrogens (tertiary/aromatic N) is 1. The minimum atomic E-state index is -0.545. The Morgan fingerprint density at radius 1 is 1.06 bits per heavy atom.